The van der Waals surface area contributed by atoms with Gasteiger partial charge in [0.2, 0.25) is 0 Å². The molecule has 0 heterocycles. The molecule has 0 aliphatic heterocycles. The van der Waals surface area contributed by atoms with Gasteiger partial charge in [-0.25, -0.2) is 4.79 Å². The minimum atomic E-state index is -4.49. The number of anilines is 3. The van der Waals surface area contributed by atoms with Crippen molar-refractivity contribution in [3.63, 3.8) is 0 Å². The second kappa shape index (κ2) is 7.21. The first kappa shape index (κ1) is 19.5. The third-order valence-electron chi connectivity index (χ3n) is 4.66. The summed E-state index contributed by atoms with van der Waals surface area (Å²) in [6.45, 7) is 0. The molecule has 0 unspecified atom stereocenters. The van der Waals surface area contributed by atoms with Crippen molar-refractivity contribution in [2.75, 3.05) is 16.4 Å². The van der Waals surface area contributed by atoms with Gasteiger partial charge in [-0.3, -0.25) is 4.55 Å². The number of urea groups is 1. The highest BCUT2D eigenvalue weighted by Gasteiger charge is 2.14. The third kappa shape index (κ3) is 3.71. The van der Waals surface area contributed by atoms with E-state index in [0.717, 1.165) is 16.8 Å². The molecule has 0 saturated carbocycles. The number of aromatic hydroxyl groups is 1. The van der Waals surface area contributed by atoms with E-state index >= 15 is 0 Å². The number of phenolic OH excluding ortho intramolecular Hbond substituents is 1. The molecule has 0 radical (unpaired) electrons. The number of carbonyl (C=O) groups excluding carboxylic acids is 1. The molecular formula is C21H17N3O5S. The van der Waals surface area contributed by atoms with Crippen LogP contribution < -0.4 is 16.4 Å². The van der Waals surface area contributed by atoms with Crippen LogP contribution in [0.4, 0.5) is 21.9 Å². The van der Waals surface area contributed by atoms with Gasteiger partial charge in [0.15, 0.2) is 0 Å². The quantitative estimate of drug-likeness (QED) is 0.247. The van der Waals surface area contributed by atoms with Gasteiger partial charge in [-0.05, 0) is 41.8 Å². The number of nitrogens with two attached hydrogens (primary N) is 1. The molecule has 9 heteroatoms. The Morgan fingerprint density at radius 3 is 2.37 bits per heavy atom. The summed E-state index contributed by atoms with van der Waals surface area (Å²) in [5.74, 6) is -0.301. The molecule has 0 spiro atoms. The third-order valence-corrected chi connectivity index (χ3v) is 5.50. The first-order valence-corrected chi connectivity index (χ1v) is 10.3. The van der Waals surface area contributed by atoms with Crippen molar-refractivity contribution in [2.45, 2.75) is 4.90 Å². The van der Waals surface area contributed by atoms with Gasteiger partial charge >= 0.3 is 6.03 Å². The SMILES string of the molecule is Nc1cccc2c(NC(=O)Nc3ccc4c(O)cc(S(=O)(=O)O)cc4c3)cccc12. The first-order chi connectivity index (χ1) is 14.2. The van der Waals surface area contributed by atoms with Crippen molar-refractivity contribution in [2.24, 2.45) is 0 Å². The molecular weight excluding hydrogens is 406 g/mol. The summed E-state index contributed by atoms with van der Waals surface area (Å²) < 4.78 is 32.0. The van der Waals surface area contributed by atoms with Crippen LogP contribution in [0.5, 0.6) is 5.75 Å². The molecule has 152 valence electrons. The number of nitrogen functional groups attached to an aromatic ring is 1. The van der Waals surface area contributed by atoms with E-state index in [4.69, 9.17) is 5.73 Å². The molecule has 30 heavy (non-hydrogen) atoms. The molecule has 0 atom stereocenters. The van der Waals surface area contributed by atoms with Gasteiger partial charge in [0.25, 0.3) is 10.1 Å². The Hall–Kier alpha value is -3.82. The summed E-state index contributed by atoms with van der Waals surface area (Å²) in [5, 5.41) is 17.8. The predicted octanol–water partition coefficient (Wildman–Crippen LogP) is 4.17. The number of amides is 2. The number of hydrogen-bond donors (Lipinski definition) is 5. The van der Waals surface area contributed by atoms with E-state index in [2.05, 4.69) is 10.6 Å². The van der Waals surface area contributed by atoms with Crippen molar-refractivity contribution in [1.82, 2.24) is 0 Å². The second-order valence-electron chi connectivity index (χ2n) is 6.68. The van der Waals surface area contributed by atoms with E-state index < -0.39 is 21.0 Å². The smallest absolute Gasteiger partial charge is 0.323 e. The lowest BCUT2D eigenvalue weighted by Crippen LogP contribution is -2.19. The van der Waals surface area contributed by atoms with E-state index in [-0.39, 0.29) is 5.75 Å². The van der Waals surface area contributed by atoms with Gasteiger partial charge in [0, 0.05) is 33.6 Å². The molecule has 2 amide bonds. The van der Waals surface area contributed by atoms with Crippen LogP contribution in [0, 0.1) is 0 Å². The number of fused-ring (bicyclic) bond motifs is 2. The summed E-state index contributed by atoms with van der Waals surface area (Å²) in [6, 6.07) is 17.0. The molecule has 4 aromatic rings. The Balaban J connectivity index is 1.63. The van der Waals surface area contributed by atoms with Gasteiger partial charge in [-0.15, -0.1) is 0 Å². The highest BCUT2D eigenvalue weighted by atomic mass is 32.2. The zero-order valence-corrected chi connectivity index (χ0v) is 16.3. The summed E-state index contributed by atoms with van der Waals surface area (Å²) in [4.78, 5) is 12.1. The average Bonchev–Trinajstić information content (AvgIpc) is 2.68. The van der Waals surface area contributed by atoms with Gasteiger partial charge in [-0.2, -0.15) is 8.42 Å². The second-order valence-corrected chi connectivity index (χ2v) is 8.10. The fourth-order valence-corrected chi connectivity index (χ4v) is 3.81. The Kier molecular flexibility index (Phi) is 4.69. The van der Waals surface area contributed by atoms with Crippen molar-refractivity contribution in [3.05, 3.63) is 66.7 Å². The van der Waals surface area contributed by atoms with Crippen molar-refractivity contribution in [3.8, 4) is 5.75 Å². The Labute approximate surface area is 171 Å². The Morgan fingerprint density at radius 1 is 0.867 bits per heavy atom. The van der Waals surface area contributed by atoms with E-state index in [9.17, 15) is 22.9 Å². The Bertz CT molecular complexity index is 1420. The molecule has 4 rings (SSSR count). The molecule has 0 bridgehead atoms. The molecule has 6 N–H and O–H groups in total. The zero-order valence-electron chi connectivity index (χ0n) is 15.5. The maximum Gasteiger partial charge on any atom is 0.323 e. The average molecular weight is 423 g/mol. The Morgan fingerprint density at radius 2 is 1.60 bits per heavy atom. The molecule has 0 aromatic heterocycles. The monoisotopic (exact) mass is 423 g/mol. The summed E-state index contributed by atoms with van der Waals surface area (Å²) >= 11 is 0. The van der Waals surface area contributed by atoms with Crippen molar-refractivity contribution in [1.29, 1.82) is 0 Å². The molecule has 8 nitrogen and oxygen atoms in total. The fourth-order valence-electron chi connectivity index (χ4n) is 3.28. The van der Waals surface area contributed by atoms with Gasteiger partial charge in [-0.1, -0.05) is 24.3 Å². The normalized spacial score (nSPS) is 11.5. The van der Waals surface area contributed by atoms with E-state index in [1.807, 2.05) is 12.1 Å². The number of nitrogens with one attached hydrogen (secondary N) is 2. The number of rotatable bonds is 3. The number of phenols is 1. The van der Waals surface area contributed by atoms with Crippen LogP contribution in [-0.4, -0.2) is 24.1 Å². The van der Waals surface area contributed by atoms with Crippen LogP contribution in [0.2, 0.25) is 0 Å². The largest absolute Gasteiger partial charge is 0.507 e. The molecule has 0 aliphatic carbocycles. The fraction of sp³-hybridized carbons (Fsp3) is 0. The standard InChI is InChI=1S/C21H17N3O5S/c22-18-5-1-4-17-16(18)3-2-6-19(17)24-21(26)23-13-7-8-15-12(9-13)10-14(11-20(15)25)30(27,28)29/h1-11,25H,22H2,(H2,23,24,26)(H,27,28,29). The van der Waals surface area contributed by atoms with Crippen LogP contribution in [-0.2, 0) is 10.1 Å². The number of hydrogen-bond acceptors (Lipinski definition) is 5. The van der Waals surface area contributed by atoms with E-state index in [1.54, 1.807) is 30.3 Å². The summed E-state index contributed by atoms with van der Waals surface area (Å²) in [6.07, 6.45) is 0. The summed E-state index contributed by atoms with van der Waals surface area (Å²) in [7, 11) is -4.49. The maximum atomic E-state index is 12.5. The van der Waals surface area contributed by atoms with Crippen LogP contribution in [0.3, 0.4) is 0 Å². The molecule has 0 saturated heterocycles. The highest BCUT2D eigenvalue weighted by Crippen LogP contribution is 2.31. The minimum absolute atomic E-state index is 0.301. The predicted molar refractivity (Wildman–Crippen MR) is 116 cm³/mol. The zero-order chi connectivity index (χ0) is 21.5. The van der Waals surface area contributed by atoms with Crippen molar-refractivity contribution >= 4 is 54.8 Å². The maximum absolute atomic E-state index is 12.5. The van der Waals surface area contributed by atoms with Gasteiger partial charge in [0.05, 0.1) is 10.6 Å². The number of carbonyl (C=O) groups is 1. The van der Waals surface area contributed by atoms with E-state index in [1.165, 1.54) is 18.2 Å². The lowest BCUT2D eigenvalue weighted by molar-refractivity contribution is 0.262. The lowest BCUT2D eigenvalue weighted by atomic mass is 10.1. The highest BCUT2D eigenvalue weighted by molar-refractivity contribution is 7.85. The van der Waals surface area contributed by atoms with Crippen LogP contribution in [0.25, 0.3) is 21.5 Å². The van der Waals surface area contributed by atoms with Gasteiger partial charge < -0.3 is 21.5 Å². The first-order valence-electron chi connectivity index (χ1n) is 8.82. The summed E-state index contributed by atoms with van der Waals surface area (Å²) in [5.41, 5.74) is 7.52. The van der Waals surface area contributed by atoms with E-state index in [0.29, 0.717) is 27.8 Å². The molecule has 0 fully saturated rings. The van der Waals surface area contributed by atoms with Crippen LogP contribution in [0.1, 0.15) is 0 Å². The van der Waals surface area contributed by atoms with Crippen LogP contribution >= 0.6 is 0 Å². The van der Waals surface area contributed by atoms with Crippen molar-refractivity contribution < 1.29 is 22.9 Å². The topological polar surface area (TPSA) is 142 Å². The lowest BCUT2D eigenvalue weighted by Gasteiger charge is -2.12. The molecule has 0 aliphatic rings. The molecule has 4 aromatic carbocycles. The van der Waals surface area contributed by atoms with Crippen LogP contribution in [0.15, 0.2) is 71.6 Å². The number of benzene rings is 4. The van der Waals surface area contributed by atoms with Gasteiger partial charge in [0.1, 0.15) is 5.75 Å². The minimum Gasteiger partial charge on any atom is -0.507 e.